The maximum atomic E-state index is 14.1. The minimum Gasteiger partial charge on any atom is -0.371 e. The van der Waals surface area contributed by atoms with Crippen molar-refractivity contribution >= 4 is 27.5 Å². The number of primary amides is 1. The Bertz CT molecular complexity index is 1240. The van der Waals surface area contributed by atoms with E-state index in [4.69, 9.17) is 5.73 Å². The van der Waals surface area contributed by atoms with Crippen LogP contribution in [0.4, 0.5) is 5.69 Å². The Balaban J connectivity index is 1.53. The van der Waals surface area contributed by atoms with Crippen molar-refractivity contribution in [1.82, 2.24) is 9.21 Å². The van der Waals surface area contributed by atoms with Crippen molar-refractivity contribution in [1.29, 1.82) is 0 Å². The largest absolute Gasteiger partial charge is 0.371 e. The number of piperazine rings is 1. The summed E-state index contributed by atoms with van der Waals surface area (Å²) in [6, 6.07) is 14.9. The second-order valence-electron chi connectivity index (χ2n) is 9.92. The van der Waals surface area contributed by atoms with E-state index < -0.39 is 21.5 Å². The first-order valence-corrected chi connectivity index (χ1v) is 14.1. The lowest BCUT2D eigenvalue weighted by molar-refractivity contribution is -0.120. The van der Waals surface area contributed by atoms with Crippen molar-refractivity contribution in [2.75, 3.05) is 43.9 Å². The minimum absolute atomic E-state index is 0.121. The molecule has 2 aliphatic heterocycles. The number of nitrogens with zero attached hydrogens (tertiary/aromatic N) is 3. The van der Waals surface area contributed by atoms with E-state index in [1.165, 1.54) is 10.6 Å². The smallest absolute Gasteiger partial charge is 0.256 e. The first-order chi connectivity index (χ1) is 16.7. The number of amides is 2. The summed E-state index contributed by atoms with van der Waals surface area (Å²) in [4.78, 5) is 30.3. The number of anilines is 1. The van der Waals surface area contributed by atoms with Gasteiger partial charge in [-0.05, 0) is 48.9 Å². The second-order valence-corrected chi connectivity index (χ2v) is 11.9. The highest BCUT2D eigenvalue weighted by atomic mass is 32.2. The van der Waals surface area contributed by atoms with Gasteiger partial charge in [0, 0.05) is 38.4 Å². The summed E-state index contributed by atoms with van der Waals surface area (Å²) in [6.07, 6.45) is 4.79. The van der Waals surface area contributed by atoms with Crippen molar-refractivity contribution in [2.45, 2.75) is 37.1 Å². The van der Waals surface area contributed by atoms with Gasteiger partial charge in [0.05, 0.1) is 23.3 Å². The van der Waals surface area contributed by atoms with E-state index in [-0.39, 0.29) is 24.9 Å². The molecule has 9 heteroatoms. The summed E-state index contributed by atoms with van der Waals surface area (Å²) in [5.41, 5.74) is 8.32. The van der Waals surface area contributed by atoms with Gasteiger partial charge in [0.2, 0.25) is 15.9 Å². The monoisotopic (exact) mass is 496 g/mol. The third-order valence-corrected chi connectivity index (χ3v) is 8.98. The summed E-state index contributed by atoms with van der Waals surface area (Å²) in [6.45, 7) is 2.50. The fourth-order valence-corrected chi connectivity index (χ4v) is 6.27. The Labute approximate surface area is 206 Å². The van der Waals surface area contributed by atoms with E-state index in [0.29, 0.717) is 12.1 Å². The Morgan fingerprint density at radius 3 is 2.26 bits per heavy atom. The Kier molecular flexibility index (Phi) is 6.09. The molecule has 0 spiro atoms. The number of hydrogen-bond donors (Lipinski definition) is 1. The molecule has 2 aromatic carbocycles. The number of benzene rings is 2. The quantitative estimate of drug-likeness (QED) is 0.661. The fraction of sp³-hybridized carbons (Fsp3) is 0.462. The van der Waals surface area contributed by atoms with E-state index in [1.54, 1.807) is 4.90 Å². The molecule has 2 aromatic rings. The average molecular weight is 497 g/mol. The molecule has 1 unspecified atom stereocenters. The second kappa shape index (κ2) is 8.95. The first kappa shape index (κ1) is 23.8. The van der Waals surface area contributed by atoms with Crippen LogP contribution < -0.4 is 10.6 Å². The molecule has 3 aliphatic rings. The van der Waals surface area contributed by atoms with Gasteiger partial charge in [0.25, 0.3) is 5.91 Å². The normalized spacial score (nSPS) is 22.3. The van der Waals surface area contributed by atoms with E-state index in [2.05, 4.69) is 4.90 Å². The third kappa shape index (κ3) is 4.43. The van der Waals surface area contributed by atoms with Crippen LogP contribution in [0.1, 0.15) is 53.2 Å². The maximum Gasteiger partial charge on any atom is 0.256 e. The highest BCUT2D eigenvalue weighted by Gasteiger charge is 2.50. The number of hydrogen-bond acceptors (Lipinski definition) is 5. The number of rotatable bonds is 6. The average Bonchev–Trinajstić information content (AvgIpc) is 3.50. The predicted molar refractivity (Wildman–Crippen MR) is 135 cm³/mol. The summed E-state index contributed by atoms with van der Waals surface area (Å²) in [5, 5.41) is 0. The minimum atomic E-state index is -3.38. The Morgan fingerprint density at radius 1 is 0.971 bits per heavy atom. The summed E-state index contributed by atoms with van der Waals surface area (Å²) >= 11 is 0. The third-order valence-electron chi connectivity index (χ3n) is 7.71. The van der Waals surface area contributed by atoms with E-state index in [0.717, 1.165) is 55.6 Å². The number of carbonyl (C=O) groups is 2. The van der Waals surface area contributed by atoms with Crippen molar-refractivity contribution in [3.8, 4) is 0 Å². The van der Waals surface area contributed by atoms with Gasteiger partial charge in [0.15, 0.2) is 0 Å². The van der Waals surface area contributed by atoms with Gasteiger partial charge in [-0.2, -0.15) is 4.31 Å². The molecule has 2 saturated heterocycles. The van der Waals surface area contributed by atoms with Crippen molar-refractivity contribution in [3.63, 3.8) is 0 Å². The highest BCUT2D eigenvalue weighted by Crippen LogP contribution is 2.49. The molecule has 186 valence electrons. The Morgan fingerprint density at radius 2 is 1.66 bits per heavy atom. The molecule has 1 aliphatic carbocycles. The zero-order chi connectivity index (χ0) is 24.8. The van der Waals surface area contributed by atoms with Crippen molar-refractivity contribution in [2.24, 2.45) is 5.73 Å². The molecule has 2 N–H and O–H groups in total. The molecule has 8 nitrogen and oxygen atoms in total. The van der Waals surface area contributed by atoms with Gasteiger partial charge in [-0.1, -0.05) is 36.4 Å². The van der Waals surface area contributed by atoms with Crippen LogP contribution in [0.25, 0.3) is 0 Å². The van der Waals surface area contributed by atoms with Crippen LogP contribution in [0.15, 0.2) is 48.5 Å². The van der Waals surface area contributed by atoms with Gasteiger partial charge >= 0.3 is 0 Å². The topological polar surface area (TPSA) is 104 Å². The van der Waals surface area contributed by atoms with Crippen molar-refractivity contribution in [3.05, 3.63) is 65.2 Å². The van der Waals surface area contributed by atoms with Crippen LogP contribution in [0.3, 0.4) is 0 Å². The lowest BCUT2D eigenvalue weighted by atomic mass is 9.92. The highest BCUT2D eigenvalue weighted by molar-refractivity contribution is 7.88. The predicted octanol–water partition coefficient (Wildman–Crippen LogP) is 2.26. The molecule has 2 heterocycles. The molecule has 1 saturated carbocycles. The standard InChI is InChI=1S/C26H32N4O4S/c1-35(33,34)29-15-16-30(23(18-29)19-7-3-2-4-8-19)24(31)21-10-9-20(26(11-12-26)25(27)32)17-22(21)28-13-5-6-14-28/h2-4,7-10,17,23H,5-6,11-16,18H2,1H3,(H2,27,32). The van der Waals surface area contributed by atoms with E-state index in [9.17, 15) is 18.0 Å². The Hall–Kier alpha value is -2.91. The SMILES string of the molecule is CS(=O)(=O)N1CCN(C(=O)c2ccc(C3(C(N)=O)CC3)cc2N2CCCC2)C(c2ccccc2)C1. The first-order valence-electron chi connectivity index (χ1n) is 12.2. The van der Waals surface area contributed by atoms with Crippen LogP contribution in [0.2, 0.25) is 0 Å². The molecule has 35 heavy (non-hydrogen) atoms. The summed E-state index contributed by atoms with van der Waals surface area (Å²) < 4.78 is 26.1. The molecular formula is C26H32N4O4S. The van der Waals surface area contributed by atoms with E-state index in [1.807, 2.05) is 48.5 Å². The van der Waals surface area contributed by atoms with E-state index >= 15 is 0 Å². The zero-order valence-corrected chi connectivity index (χ0v) is 20.8. The summed E-state index contributed by atoms with van der Waals surface area (Å²) in [5.74, 6) is -0.436. The van der Waals surface area contributed by atoms with Gasteiger partial charge in [-0.3, -0.25) is 9.59 Å². The van der Waals surface area contributed by atoms with Gasteiger partial charge in [0.1, 0.15) is 0 Å². The fourth-order valence-electron chi connectivity index (χ4n) is 5.45. The van der Waals surface area contributed by atoms with Crippen LogP contribution in [-0.2, 0) is 20.2 Å². The molecule has 3 fully saturated rings. The van der Waals surface area contributed by atoms with Gasteiger partial charge < -0.3 is 15.5 Å². The van der Waals surface area contributed by atoms with Gasteiger partial charge in [-0.25, -0.2) is 8.42 Å². The number of carbonyl (C=O) groups excluding carboxylic acids is 2. The molecular weight excluding hydrogens is 464 g/mol. The van der Waals surface area contributed by atoms with Crippen LogP contribution in [0.5, 0.6) is 0 Å². The molecule has 0 radical (unpaired) electrons. The molecule has 0 bridgehead atoms. The molecule has 0 aromatic heterocycles. The lowest BCUT2D eigenvalue weighted by Gasteiger charge is -2.41. The maximum absolute atomic E-state index is 14.1. The van der Waals surface area contributed by atoms with Crippen LogP contribution in [-0.4, -0.2) is 68.4 Å². The van der Waals surface area contributed by atoms with Gasteiger partial charge in [-0.15, -0.1) is 0 Å². The summed E-state index contributed by atoms with van der Waals surface area (Å²) in [7, 11) is -3.38. The molecule has 5 rings (SSSR count). The zero-order valence-electron chi connectivity index (χ0n) is 20.0. The molecule has 2 amide bonds. The van der Waals surface area contributed by atoms with Crippen molar-refractivity contribution < 1.29 is 18.0 Å². The van der Waals surface area contributed by atoms with Crippen LogP contribution >= 0.6 is 0 Å². The lowest BCUT2D eigenvalue weighted by Crippen LogP contribution is -2.52. The van der Waals surface area contributed by atoms with Crippen LogP contribution in [0, 0.1) is 0 Å². The number of nitrogens with two attached hydrogens (primary N) is 1. The number of sulfonamides is 1. The molecule has 1 atom stereocenters.